The molecule has 0 aromatic carbocycles. The first kappa shape index (κ1) is 50.9. The zero-order valence-corrected chi connectivity index (χ0v) is 37.5. The van der Waals surface area contributed by atoms with Gasteiger partial charge in [0.25, 0.3) is 0 Å². The molecule has 0 spiro atoms. The van der Waals surface area contributed by atoms with Gasteiger partial charge in [0.15, 0.2) is 0 Å². The third-order valence-electron chi connectivity index (χ3n) is 7.51. The second-order valence-electron chi connectivity index (χ2n) is 10.1. The van der Waals surface area contributed by atoms with Gasteiger partial charge in [0.2, 0.25) is 0 Å². The molecule has 4 radical (unpaired) electrons. The Labute approximate surface area is 324 Å². The molecule has 0 saturated carbocycles. The van der Waals surface area contributed by atoms with Crippen LogP contribution in [-0.2, 0) is 23.7 Å². The van der Waals surface area contributed by atoms with Crippen LogP contribution < -0.4 is 37.7 Å². The van der Waals surface area contributed by atoms with Crippen molar-refractivity contribution in [1.29, 1.82) is 0 Å². The summed E-state index contributed by atoms with van der Waals surface area (Å²) in [6, 6.07) is 0. The zero-order valence-electron chi connectivity index (χ0n) is 31.8. The minimum absolute atomic E-state index is 0. The summed E-state index contributed by atoms with van der Waals surface area (Å²) in [6.45, 7) is 29.4. The molecule has 0 bridgehead atoms. The Morgan fingerprint density at radius 2 is 0.578 bits per heavy atom. The van der Waals surface area contributed by atoms with Crippen molar-refractivity contribution in [2.75, 3.05) is 66.1 Å². The van der Waals surface area contributed by atoms with Crippen molar-refractivity contribution in [2.45, 2.75) is 121 Å². The minimum Gasteiger partial charge on any atom is 1.00 e. The average molecular weight is 830 g/mol. The summed E-state index contributed by atoms with van der Waals surface area (Å²) in [5.74, 6) is 0. The summed E-state index contributed by atoms with van der Waals surface area (Å²) in [6.07, 6.45) is 10.4. The van der Waals surface area contributed by atoms with Crippen LogP contribution >= 0.6 is 0 Å². The van der Waals surface area contributed by atoms with E-state index in [9.17, 15) is 0 Å². The van der Waals surface area contributed by atoms with Crippen LogP contribution in [0.4, 0.5) is 0 Å². The number of hydrogen-bond acceptors (Lipinski definition) is 5. The molecule has 3 heterocycles. The summed E-state index contributed by atoms with van der Waals surface area (Å²) < 4.78 is 33.2. The molecule has 0 aromatic rings. The molecule has 0 unspecified atom stereocenters. The Hall–Kier alpha value is 1.55. The maximum Gasteiger partial charge on any atom is 1.00 e. The Kier molecular flexibility index (Phi) is 40.0. The molecule has 5 nitrogen and oxygen atoms in total. The smallest absolute Gasteiger partial charge is 1.00 e. The fourth-order valence-electron chi connectivity index (χ4n) is 5.39. The van der Waals surface area contributed by atoms with E-state index in [4.69, 9.17) is 23.7 Å². The van der Waals surface area contributed by atoms with E-state index < -0.39 is 0 Å². The molecule has 3 rings (SSSR count). The van der Waals surface area contributed by atoms with Gasteiger partial charge in [-0.25, -0.2) is 0 Å². The van der Waals surface area contributed by atoms with Crippen molar-refractivity contribution in [3.8, 4) is 0 Å². The van der Waals surface area contributed by atoms with Gasteiger partial charge >= 0.3 is 223 Å². The first-order chi connectivity index (χ1) is 21.0. The predicted molar refractivity (Wildman–Crippen MR) is 187 cm³/mol. The first-order valence-corrected chi connectivity index (χ1v) is 23.0. The third kappa shape index (κ3) is 21.4. The number of allylic oxidation sites excluding steroid dienone is 8. The topological polar surface area (TPSA) is 46.2 Å². The maximum atomic E-state index is 5.22. The van der Waals surface area contributed by atoms with Crippen molar-refractivity contribution in [2.24, 2.45) is 0 Å². The zero-order chi connectivity index (χ0) is 32.3. The van der Waals surface area contributed by atoms with E-state index in [1.165, 1.54) is 51.4 Å². The summed E-state index contributed by atoms with van der Waals surface area (Å²) in [5.41, 5.74) is 7.03. The second-order valence-corrected chi connectivity index (χ2v) is 18.5. The van der Waals surface area contributed by atoms with Gasteiger partial charge in [-0.15, -0.1) is 0 Å². The number of hydrogen-bond donors (Lipinski definition) is 0. The van der Waals surface area contributed by atoms with E-state index >= 15 is 0 Å². The molecule has 3 aliphatic heterocycles. The van der Waals surface area contributed by atoms with E-state index in [2.05, 4.69) is 55.4 Å². The molecule has 0 aromatic heterocycles. The minimum atomic E-state index is -0.269. The standard InChI is InChI=1S/2C12H20.C8H16O4.C4H10O.2Li.2Sn/c2*1-5-9-11(7-3)12(8-4)10-6-2;1-2-10-5-6-12-8-7-11-4-3-9-1;1-3-5-4-2;;;;/h2*5-8H2,1-4H3;1-8H2;3-4H2,1-2H3;;;;/q;;;;2*+1;;. The van der Waals surface area contributed by atoms with Gasteiger partial charge in [0.1, 0.15) is 0 Å². The Morgan fingerprint density at radius 1 is 0.378 bits per heavy atom. The van der Waals surface area contributed by atoms with Gasteiger partial charge < -0.3 is 23.7 Å². The monoisotopic (exact) mass is 832 g/mol. The summed E-state index contributed by atoms with van der Waals surface area (Å²) in [4.78, 5) is 0. The van der Waals surface area contributed by atoms with Crippen molar-refractivity contribution >= 4 is 42.3 Å². The van der Waals surface area contributed by atoms with Gasteiger partial charge in [0, 0.05) is 13.2 Å². The van der Waals surface area contributed by atoms with Crippen LogP contribution in [0.25, 0.3) is 0 Å². The molecule has 45 heavy (non-hydrogen) atoms. The molecule has 3 aliphatic rings. The van der Waals surface area contributed by atoms with E-state index in [0.717, 1.165) is 13.2 Å². The van der Waals surface area contributed by atoms with Crippen molar-refractivity contribution in [1.82, 2.24) is 0 Å². The van der Waals surface area contributed by atoms with Gasteiger partial charge in [-0.05, 0) is 13.8 Å². The summed E-state index contributed by atoms with van der Waals surface area (Å²) in [7, 11) is 0. The van der Waals surface area contributed by atoms with E-state index in [1.54, 1.807) is 22.3 Å². The van der Waals surface area contributed by atoms with Crippen molar-refractivity contribution < 1.29 is 61.4 Å². The molecule has 0 amide bonds. The SMILES string of the molecule is C1COCCOCCOCCO1.CCOCC.CC[C]1=C(CC)C(CC)=[C](CC)[Sn]1.CC[C]1=C(CC)C(CC)=[C](CC)[Sn]1.[Li+].[Li+]. The molecule has 248 valence electrons. The first-order valence-electron chi connectivity index (χ1n) is 17.3. The summed E-state index contributed by atoms with van der Waals surface area (Å²) >= 11 is -0.539. The fourth-order valence-corrected chi connectivity index (χ4v) is 15.0. The number of ether oxygens (including phenoxy) is 5. The van der Waals surface area contributed by atoms with Gasteiger partial charge in [-0.3, -0.25) is 0 Å². The average Bonchev–Trinajstić information content (AvgIpc) is 3.58. The maximum absolute atomic E-state index is 5.22. The van der Waals surface area contributed by atoms with Gasteiger partial charge in [-0.1, -0.05) is 0 Å². The van der Waals surface area contributed by atoms with Gasteiger partial charge in [-0.2, -0.15) is 0 Å². The van der Waals surface area contributed by atoms with Crippen LogP contribution in [0.1, 0.15) is 121 Å². The van der Waals surface area contributed by atoms with Crippen LogP contribution in [0.5, 0.6) is 0 Å². The fraction of sp³-hybridized carbons (Fsp3) is 0.778. The van der Waals surface area contributed by atoms with Crippen molar-refractivity contribution in [3.05, 3.63) is 36.6 Å². The van der Waals surface area contributed by atoms with Crippen LogP contribution in [0.3, 0.4) is 0 Å². The van der Waals surface area contributed by atoms with Crippen LogP contribution in [0.15, 0.2) is 36.6 Å². The molecule has 9 heteroatoms. The predicted octanol–water partition coefficient (Wildman–Crippen LogP) is 2.82. The number of rotatable bonds is 10. The Morgan fingerprint density at radius 3 is 0.689 bits per heavy atom. The molecular formula is C36H66Li2O5Sn2+2. The largest absolute Gasteiger partial charge is 1.00 e. The molecular weight excluding hydrogens is 764 g/mol. The molecule has 1 fully saturated rings. The third-order valence-corrected chi connectivity index (χ3v) is 18.4. The van der Waals surface area contributed by atoms with E-state index in [1.807, 2.05) is 28.2 Å². The molecule has 0 aliphatic carbocycles. The summed E-state index contributed by atoms with van der Waals surface area (Å²) in [5, 5.41) is 0. The molecule has 1 saturated heterocycles. The molecule has 0 N–H and O–H groups in total. The van der Waals surface area contributed by atoms with Crippen LogP contribution in [0.2, 0.25) is 0 Å². The van der Waals surface area contributed by atoms with Crippen LogP contribution in [-0.4, -0.2) is 108 Å². The second kappa shape index (κ2) is 35.4. The van der Waals surface area contributed by atoms with Crippen molar-refractivity contribution in [3.63, 3.8) is 0 Å². The normalized spacial score (nSPS) is 17.5. The molecule has 0 atom stereocenters. The van der Waals surface area contributed by atoms with Crippen LogP contribution in [0, 0.1) is 0 Å². The van der Waals surface area contributed by atoms with Gasteiger partial charge in [0.05, 0.1) is 52.9 Å². The Balaban J connectivity index is -0.000000536. The quantitative estimate of drug-likeness (QED) is 0.318. The Bertz CT molecular complexity index is 705. The van der Waals surface area contributed by atoms with E-state index in [-0.39, 0.29) is 80.0 Å². The van der Waals surface area contributed by atoms with E-state index in [0.29, 0.717) is 52.9 Å².